The molecule has 2 rings (SSSR count). The van der Waals surface area contributed by atoms with E-state index in [-0.39, 0.29) is 12.2 Å². The molecule has 0 radical (unpaired) electrons. The molecule has 0 aliphatic heterocycles. The first-order chi connectivity index (χ1) is 9.20. The molecule has 1 N–H and O–H groups in total. The van der Waals surface area contributed by atoms with E-state index in [2.05, 4.69) is 11.8 Å². The molecular formula is C15H15NO2S. The largest absolute Gasteiger partial charge is 0.395 e. The zero-order valence-corrected chi connectivity index (χ0v) is 11.5. The van der Waals surface area contributed by atoms with E-state index >= 15 is 0 Å². The van der Waals surface area contributed by atoms with Crippen LogP contribution in [0.4, 0.5) is 0 Å². The normalized spacial score (nSPS) is 10.0. The van der Waals surface area contributed by atoms with Crippen molar-refractivity contribution in [1.29, 1.82) is 0 Å². The van der Waals surface area contributed by atoms with Crippen LogP contribution >= 0.6 is 11.3 Å². The Morgan fingerprint density at radius 1 is 1.42 bits per heavy atom. The Kier molecular flexibility index (Phi) is 4.56. The number of hydrogen-bond acceptors (Lipinski definition) is 3. The van der Waals surface area contributed by atoms with Gasteiger partial charge in [-0.25, -0.2) is 0 Å². The van der Waals surface area contributed by atoms with Crippen LogP contribution in [0.1, 0.15) is 22.6 Å². The van der Waals surface area contributed by atoms with Gasteiger partial charge in [-0.15, -0.1) is 11.3 Å². The highest BCUT2D eigenvalue weighted by atomic mass is 32.1. The Bertz CT molecular complexity index is 673. The summed E-state index contributed by atoms with van der Waals surface area (Å²) in [7, 11) is 0. The highest BCUT2D eigenvalue weighted by Crippen LogP contribution is 2.15. The van der Waals surface area contributed by atoms with Gasteiger partial charge in [0.15, 0.2) is 0 Å². The van der Waals surface area contributed by atoms with Crippen molar-refractivity contribution in [2.45, 2.75) is 19.9 Å². The number of thiophene rings is 1. The van der Waals surface area contributed by atoms with Gasteiger partial charge in [-0.3, -0.25) is 4.79 Å². The maximum absolute atomic E-state index is 11.8. The zero-order chi connectivity index (χ0) is 13.7. The molecule has 98 valence electrons. The van der Waals surface area contributed by atoms with Gasteiger partial charge in [-0.1, -0.05) is 17.9 Å². The van der Waals surface area contributed by atoms with Gasteiger partial charge in [0.2, 0.25) is 0 Å². The second kappa shape index (κ2) is 6.37. The van der Waals surface area contributed by atoms with Gasteiger partial charge in [0.25, 0.3) is 5.56 Å². The van der Waals surface area contributed by atoms with Crippen molar-refractivity contribution in [1.82, 2.24) is 4.57 Å². The van der Waals surface area contributed by atoms with Crippen molar-refractivity contribution >= 4 is 11.3 Å². The van der Waals surface area contributed by atoms with Gasteiger partial charge in [0, 0.05) is 34.0 Å². The van der Waals surface area contributed by atoms with Gasteiger partial charge in [-0.2, -0.15) is 0 Å². The topological polar surface area (TPSA) is 42.2 Å². The fourth-order valence-corrected chi connectivity index (χ4v) is 2.54. The molecule has 4 heteroatoms. The second-order valence-corrected chi connectivity index (χ2v) is 5.16. The summed E-state index contributed by atoms with van der Waals surface area (Å²) in [6.07, 6.45) is 0.489. The fraction of sp³-hybridized carbons (Fsp3) is 0.267. The molecule has 0 atom stereocenters. The third-order valence-corrected chi connectivity index (χ3v) is 3.63. The quantitative estimate of drug-likeness (QED) is 0.869. The van der Waals surface area contributed by atoms with Crippen molar-refractivity contribution < 1.29 is 5.11 Å². The highest BCUT2D eigenvalue weighted by molar-refractivity contribution is 7.10. The van der Waals surface area contributed by atoms with Crippen LogP contribution in [0.25, 0.3) is 0 Å². The van der Waals surface area contributed by atoms with E-state index in [1.165, 1.54) is 0 Å². The minimum Gasteiger partial charge on any atom is -0.395 e. The number of aryl methyl sites for hydroxylation is 1. The number of aliphatic hydroxyl groups is 1. The van der Waals surface area contributed by atoms with E-state index in [0.717, 1.165) is 16.1 Å². The summed E-state index contributed by atoms with van der Waals surface area (Å²) < 4.78 is 1.75. The van der Waals surface area contributed by atoms with Crippen molar-refractivity contribution in [3.8, 4) is 11.8 Å². The summed E-state index contributed by atoms with van der Waals surface area (Å²) in [6.45, 7) is 2.59. The van der Waals surface area contributed by atoms with E-state index in [1.54, 1.807) is 28.0 Å². The molecule has 2 heterocycles. The number of aliphatic hydroxyl groups excluding tert-OH is 1. The molecule has 0 fully saturated rings. The summed E-state index contributed by atoms with van der Waals surface area (Å²) in [5.74, 6) is 5.88. The maximum atomic E-state index is 11.8. The van der Waals surface area contributed by atoms with E-state index in [9.17, 15) is 4.79 Å². The van der Waals surface area contributed by atoms with E-state index in [1.807, 2.05) is 24.4 Å². The molecule has 2 aromatic rings. The number of hydrogen-bond donors (Lipinski definition) is 1. The Balaban J connectivity index is 2.17. The zero-order valence-electron chi connectivity index (χ0n) is 10.7. The third kappa shape index (κ3) is 3.57. The molecule has 0 aliphatic rings. The molecule has 19 heavy (non-hydrogen) atoms. The minimum atomic E-state index is 0.0151. The van der Waals surface area contributed by atoms with Crippen LogP contribution in [0, 0.1) is 18.8 Å². The lowest BCUT2D eigenvalue weighted by Crippen LogP contribution is -2.20. The lowest BCUT2D eigenvalue weighted by atomic mass is 10.3. The van der Waals surface area contributed by atoms with E-state index < -0.39 is 0 Å². The lowest BCUT2D eigenvalue weighted by Gasteiger charge is -2.06. The van der Waals surface area contributed by atoms with Crippen LogP contribution in [0.3, 0.4) is 0 Å². The van der Waals surface area contributed by atoms with E-state index in [0.29, 0.717) is 13.0 Å². The van der Waals surface area contributed by atoms with Gasteiger partial charge in [0.1, 0.15) is 0 Å². The number of pyridine rings is 1. The maximum Gasteiger partial charge on any atom is 0.251 e. The summed E-state index contributed by atoms with van der Waals surface area (Å²) >= 11 is 1.60. The molecule has 2 aromatic heterocycles. The van der Waals surface area contributed by atoms with Crippen LogP contribution in [0.5, 0.6) is 0 Å². The number of aromatic nitrogens is 1. The summed E-state index contributed by atoms with van der Waals surface area (Å²) in [6, 6.07) is 7.27. The van der Waals surface area contributed by atoms with Gasteiger partial charge in [0.05, 0.1) is 13.2 Å². The Morgan fingerprint density at radius 2 is 2.26 bits per heavy atom. The first kappa shape index (κ1) is 13.6. The Labute approximate surface area is 116 Å². The second-order valence-electron chi connectivity index (χ2n) is 4.17. The van der Waals surface area contributed by atoms with Gasteiger partial charge in [-0.05, 0) is 19.1 Å². The Hall–Kier alpha value is -1.83. The Morgan fingerprint density at radius 3 is 3.00 bits per heavy atom. The number of nitrogens with zero attached hydrogens (tertiary/aromatic N) is 1. The average Bonchev–Trinajstić information content (AvgIpc) is 2.82. The van der Waals surface area contributed by atoms with E-state index in [4.69, 9.17) is 5.11 Å². The fourth-order valence-electron chi connectivity index (χ4n) is 1.73. The summed E-state index contributed by atoms with van der Waals surface area (Å²) in [5, 5.41) is 10.6. The van der Waals surface area contributed by atoms with Crippen LogP contribution in [-0.4, -0.2) is 16.3 Å². The van der Waals surface area contributed by atoms with Crippen molar-refractivity contribution in [3.63, 3.8) is 0 Å². The SMILES string of the molecule is Cc1cccc(=O)n1Cc1cc(C#CCCO)cs1. The molecule has 0 aromatic carbocycles. The highest BCUT2D eigenvalue weighted by Gasteiger charge is 2.03. The summed E-state index contributed by atoms with van der Waals surface area (Å²) in [4.78, 5) is 12.9. The van der Waals surface area contributed by atoms with Crippen molar-refractivity contribution in [2.75, 3.05) is 6.61 Å². The lowest BCUT2D eigenvalue weighted by molar-refractivity contribution is 0.305. The number of rotatable bonds is 3. The molecule has 0 amide bonds. The van der Waals surface area contributed by atoms with Crippen LogP contribution in [0.15, 0.2) is 34.4 Å². The molecule has 0 spiro atoms. The predicted molar refractivity (Wildman–Crippen MR) is 77.4 cm³/mol. The smallest absolute Gasteiger partial charge is 0.251 e. The van der Waals surface area contributed by atoms with Crippen molar-refractivity contribution in [2.24, 2.45) is 0 Å². The monoisotopic (exact) mass is 273 g/mol. The molecule has 0 bridgehead atoms. The summed E-state index contributed by atoms with van der Waals surface area (Å²) in [5.41, 5.74) is 1.91. The molecular weight excluding hydrogens is 258 g/mol. The van der Waals surface area contributed by atoms with Gasteiger partial charge < -0.3 is 9.67 Å². The molecule has 3 nitrogen and oxygen atoms in total. The van der Waals surface area contributed by atoms with Gasteiger partial charge >= 0.3 is 0 Å². The van der Waals surface area contributed by atoms with Crippen LogP contribution < -0.4 is 5.56 Å². The molecule has 0 unspecified atom stereocenters. The van der Waals surface area contributed by atoms with Crippen LogP contribution in [0.2, 0.25) is 0 Å². The minimum absolute atomic E-state index is 0.0151. The standard InChI is InChI=1S/C15H15NO2S/c1-12-5-4-7-15(18)16(12)10-14-9-13(11-19-14)6-2-3-8-17/h4-5,7,9,11,17H,3,8,10H2,1H3. The molecule has 0 saturated carbocycles. The first-order valence-electron chi connectivity index (χ1n) is 6.04. The first-order valence-corrected chi connectivity index (χ1v) is 6.92. The molecule has 0 saturated heterocycles. The predicted octanol–water partition coefficient (Wildman–Crippen LogP) is 2.00. The molecule has 0 aliphatic carbocycles. The average molecular weight is 273 g/mol. The third-order valence-electron chi connectivity index (χ3n) is 2.71. The van der Waals surface area contributed by atoms with Crippen molar-refractivity contribution in [3.05, 3.63) is 56.1 Å². The van der Waals surface area contributed by atoms with Crippen LogP contribution in [-0.2, 0) is 6.54 Å².